The van der Waals surface area contributed by atoms with Gasteiger partial charge in [0.25, 0.3) is 0 Å². The van der Waals surface area contributed by atoms with Crippen LogP contribution in [0.25, 0.3) is 0 Å². The van der Waals surface area contributed by atoms with Gasteiger partial charge in [-0.15, -0.1) is 0 Å². The molecule has 0 aliphatic heterocycles. The average molecular weight is 270 g/mol. The van der Waals surface area contributed by atoms with E-state index >= 15 is 0 Å². The molecule has 1 fully saturated rings. The molecule has 0 amide bonds. The van der Waals surface area contributed by atoms with Gasteiger partial charge in [-0.05, 0) is 53.4 Å². The van der Waals surface area contributed by atoms with E-state index < -0.39 is 5.97 Å². The van der Waals surface area contributed by atoms with Crippen molar-refractivity contribution in [1.82, 2.24) is 9.80 Å². The Hall–Kier alpha value is -0.610. The Kier molecular flexibility index (Phi) is 7.39. The van der Waals surface area contributed by atoms with Gasteiger partial charge in [-0.25, -0.2) is 0 Å². The molecule has 0 bridgehead atoms. The van der Waals surface area contributed by atoms with Crippen molar-refractivity contribution >= 4 is 5.97 Å². The molecule has 1 aliphatic rings. The number of carbonyl (C=O) groups is 1. The third-order valence-electron chi connectivity index (χ3n) is 4.26. The number of hydrogen-bond donors (Lipinski definition) is 1. The van der Waals surface area contributed by atoms with Gasteiger partial charge in [-0.3, -0.25) is 9.69 Å². The number of carboxylic acids is 1. The number of carboxylic acid groups (broad SMARTS) is 1. The molecule has 0 unspecified atom stereocenters. The third-order valence-corrected chi connectivity index (χ3v) is 4.26. The van der Waals surface area contributed by atoms with Gasteiger partial charge in [-0.1, -0.05) is 25.7 Å². The van der Waals surface area contributed by atoms with Gasteiger partial charge in [0.2, 0.25) is 0 Å². The second-order valence-electron chi connectivity index (χ2n) is 6.11. The topological polar surface area (TPSA) is 43.8 Å². The van der Waals surface area contributed by atoms with Crippen molar-refractivity contribution in [3.8, 4) is 0 Å². The molecule has 1 aliphatic carbocycles. The monoisotopic (exact) mass is 270 g/mol. The summed E-state index contributed by atoms with van der Waals surface area (Å²) in [6.07, 6.45) is 8.99. The summed E-state index contributed by atoms with van der Waals surface area (Å²) < 4.78 is 0. The Morgan fingerprint density at radius 1 is 1.16 bits per heavy atom. The maximum Gasteiger partial charge on any atom is 0.320 e. The quantitative estimate of drug-likeness (QED) is 0.688. The third kappa shape index (κ3) is 5.91. The van der Waals surface area contributed by atoms with E-state index in [-0.39, 0.29) is 6.04 Å². The van der Waals surface area contributed by atoms with E-state index in [2.05, 4.69) is 23.9 Å². The number of unbranched alkanes of at least 4 members (excludes halogenated alkanes) is 1. The molecule has 0 saturated heterocycles. The molecule has 0 aromatic carbocycles. The molecule has 4 nitrogen and oxygen atoms in total. The van der Waals surface area contributed by atoms with Gasteiger partial charge in [0, 0.05) is 6.04 Å². The van der Waals surface area contributed by atoms with E-state index in [1.54, 1.807) is 0 Å². The van der Waals surface area contributed by atoms with E-state index in [0.717, 1.165) is 38.6 Å². The van der Waals surface area contributed by atoms with Crippen LogP contribution in [0, 0.1) is 0 Å². The minimum Gasteiger partial charge on any atom is -0.480 e. The highest BCUT2D eigenvalue weighted by atomic mass is 16.4. The number of nitrogens with zero attached hydrogens (tertiary/aromatic N) is 2. The lowest BCUT2D eigenvalue weighted by atomic mass is 9.93. The SMILES string of the molecule is CN(C)CCCC[C@H](C(=O)O)N(C)C1CCCCC1. The highest BCUT2D eigenvalue weighted by Crippen LogP contribution is 2.24. The summed E-state index contributed by atoms with van der Waals surface area (Å²) in [6, 6.07) is 0.175. The van der Waals surface area contributed by atoms with Crippen LogP contribution in [0.5, 0.6) is 0 Å². The summed E-state index contributed by atoms with van der Waals surface area (Å²) in [6.45, 7) is 1.04. The first-order valence-corrected chi connectivity index (χ1v) is 7.62. The van der Waals surface area contributed by atoms with Gasteiger partial charge in [-0.2, -0.15) is 0 Å². The molecule has 19 heavy (non-hydrogen) atoms. The second kappa shape index (κ2) is 8.54. The fourth-order valence-corrected chi connectivity index (χ4v) is 3.01. The van der Waals surface area contributed by atoms with Gasteiger partial charge in [0.15, 0.2) is 0 Å². The number of aliphatic carboxylic acids is 1. The zero-order valence-electron chi connectivity index (χ0n) is 12.8. The molecule has 112 valence electrons. The molecular formula is C15H30N2O2. The maximum absolute atomic E-state index is 11.5. The molecule has 0 spiro atoms. The van der Waals surface area contributed by atoms with E-state index in [0.29, 0.717) is 6.04 Å². The molecule has 1 rings (SSSR count). The van der Waals surface area contributed by atoms with Crippen LogP contribution in [0.15, 0.2) is 0 Å². The Morgan fingerprint density at radius 3 is 2.32 bits per heavy atom. The van der Waals surface area contributed by atoms with Crippen LogP contribution < -0.4 is 0 Å². The lowest BCUT2D eigenvalue weighted by Gasteiger charge is -2.35. The van der Waals surface area contributed by atoms with Crippen molar-refractivity contribution < 1.29 is 9.90 Å². The second-order valence-corrected chi connectivity index (χ2v) is 6.11. The molecular weight excluding hydrogens is 240 g/mol. The molecule has 1 N–H and O–H groups in total. The summed E-state index contributed by atoms with van der Waals surface area (Å²) in [7, 11) is 6.12. The minimum absolute atomic E-state index is 0.301. The molecule has 0 aromatic heterocycles. The average Bonchev–Trinajstić information content (AvgIpc) is 2.38. The van der Waals surface area contributed by atoms with Gasteiger partial charge in [0.05, 0.1) is 0 Å². The van der Waals surface area contributed by atoms with E-state index in [1.165, 1.54) is 19.3 Å². The summed E-state index contributed by atoms with van der Waals surface area (Å²) in [5.74, 6) is -0.655. The van der Waals surface area contributed by atoms with Crippen LogP contribution in [0.2, 0.25) is 0 Å². The molecule has 0 radical (unpaired) electrons. The van der Waals surface area contributed by atoms with E-state index in [4.69, 9.17) is 0 Å². The van der Waals surface area contributed by atoms with Crippen LogP contribution in [0.4, 0.5) is 0 Å². The highest BCUT2D eigenvalue weighted by Gasteiger charge is 2.28. The first kappa shape index (κ1) is 16.4. The number of likely N-dealkylation sites (N-methyl/N-ethyl adjacent to an activating group) is 1. The zero-order chi connectivity index (χ0) is 14.3. The Bertz CT molecular complexity index is 263. The smallest absolute Gasteiger partial charge is 0.320 e. The van der Waals surface area contributed by atoms with Crippen molar-refractivity contribution in [2.24, 2.45) is 0 Å². The summed E-state index contributed by atoms with van der Waals surface area (Å²) in [5, 5.41) is 9.43. The lowest BCUT2D eigenvalue weighted by Crippen LogP contribution is -2.45. The fourth-order valence-electron chi connectivity index (χ4n) is 3.01. The molecule has 4 heteroatoms. The number of rotatable bonds is 8. The van der Waals surface area contributed by atoms with Gasteiger partial charge in [0.1, 0.15) is 6.04 Å². The minimum atomic E-state index is -0.655. The maximum atomic E-state index is 11.5. The highest BCUT2D eigenvalue weighted by molar-refractivity contribution is 5.73. The van der Waals surface area contributed by atoms with Crippen LogP contribution in [0.1, 0.15) is 51.4 Å². The predicted octanol–water partition coefficient (Wildman–Crippen LogP) is 2.44. The normalized spacial score (nSPS) is 19.0. The summed E-state index contributed by atoms with van der Waals surface area (Å²) >= 11 is 0. The van der Waals surface area contributed by atoms with Gasteiger partial charge >= 0.3 is 5.97 Å². The number of hydrogen-bond acceptors (Lipinski definition) is 3. The van der Waals surface area contributed by atoms with E-state index in [1.807, 2.05) is 7.05 Å². The van der Waals surface area contributed by atoms with Crippen LogP contribution in [0.3, 0.4) is 0 Å². The first-order chi connectivity index (χ1) is 9.02. The summed E-state index contributed by atoms with van der Waals surface area (Å²) in [5.41, 5.74) is 0. The van der Waals surface area contributed by atoms with Crippen molar-refractivity contribution in [3.63, 3.8) is 0 Å². The van der Waals surface area contributed by atoms with Crippen molar-refractivity contribution in [3.05, 3.63) is 0 Å². The van der Waals surface area contributed by atoms with Crippen LogP contribution in [-0.4, -0.2) is 60.6 Å². The van der Waals surface area contributed by atoms with Crippen LogP contribution in [-0.2, 0) is 4.79 Å². The lowest BCUT2D eigenvalue weighted by molar-refractivity contribution is -0.144. The zero-order valence-corrected chi connectivity index (χ0v) is 12.8. The fraction of sp³-hybridized carbons (Fsp3) is 0.933. The molecule has 0 heterocycles. The largest absolute Gasteiger partial charge is 0.480 e. The predicted molar refractivity (Wildman–Crippen MR) is 78.5 cm³/mol. The Morgan fingerprint density at radius 2 is 1.79 bits per heavy atom. The van der Waals surface area contributed by atoms with Crippen molar-refractivity contribution in [1.29, 1.82) is 0 Å². The van der Waals surface area contributed by atoms with Gasteiger partial charge < -0.3 is 10.0 Å². The molecule has 0 aromatic rings. The van der Waals surface area contributed by atoms with Crippen molar-refractivity contribution in [2.45, 2.75) is 63.5 Å². The summed E-state index contributed by atoms with van der Waals surface area (Å²) in [4.78, 5) is 15.7. The van der Waals surface area contributed by atoms with Crippen molar-refractivity contribution in [2.75, 3.05) is 27.7 Å². The standard InChI is InChI=1S/C15H30N2O2/c1-16(2)12-8-7-11-14(15(18)19)17(3)13-9-5-4-6-10-13/h13-14H,4-12H2,1-3H3,(H,18,19)/t14-/m1/s1. The van der Waals surface area contributed by atoms with Crippen LogP contribution >= 0.6 is 0 Å². The first-order valence-electron chi connectivity index (χ1n) is 7.62. The Balaban J connectivity index is 2.39. The molecule has 1 saturated carbocycles. The Labute approximate surface area is 117 Å². The van der Waals surface area contributed by atoms with E-state index in [9.17, 15) is 9.90 Å². The molecule has 1 atom stereocenters.